The molecule has 0 radical (unpaired) electrons. The third-order valence-corrected chi connectivity index (χ3v) is 3.68. The van der Waals surface area contributed by atoms with Gasteiger partial charge in [0.1, 0.15) is 12.6 Å². The number of hydrogen-bond donors (Lipinski definition) is 1. The second-order valence-electron chi connectivity index (χ2n) is 5.21. The largest absolute Gasteiger partial charge is 0.459 e. The summed E-state index contributed by atoms with van der Waals surface area (Å²) < 4.78 is 5.10. The zero-order valence-corrected chi connectivity index (χ0v) is 14.0. The van der Waals surface area contributed by atoms with Crippen molar-refractivity contribution in [3.8, 4) is 0 Å². The highest BCUT2D eigenvalue weighted by Crippen LogP contribution is 2.15. The normalized spacial score (nSPS) is 11.4. The van der Waals surface area contributed by atoms with E-state index in [4.69, 9.17) is 16.3 Å². The molecule has 8 heteroatoms. The van der Waals surface area contributed by atoms with Gasteiger partial charge >= 0.3 is 5.97 Å². The number of amides is 1. The van der Waals surface area contributed by atoms with Crippen LogP contribution in [0.3, 0.4) is 0 Å². The number of nitro benzene ring substituents is 1. The molecule has 1 N–H and O–H groups in total. The molecule has 0 saturated heterocycles. The number of carbonyl (C=O) groups excluding carboxylic acids is 2. The number of esters is 1. The number of carbonyl (C=O) groups is 2. The number of hydrogen-bond acceptors (Lipinski definition) is 5. The van der Waals surface area contributed by atoms with Crippen LogP contribution in [-0.4, -0.2) is 22.8 Å². The van der Waals surface area contributed by atoms with Gasteiger partial charge in [0.05, 0.1) is 15.5 Å². The van der Waals surface area contributed by atoms with E-state index >= 15 is 0 Å². The lowest BCUT2D eigenvalue weighted by atomic mass is 10.2. The van der Waals surface area contributed by atoms with Crippen LogP contribution in [-0.2, 0) is 16.1 Å². The first-order valence-electron chi connectivity index (χ1n) is 7.34. The highest BCUT2D eigenvalue weighted by molar-refractivity contribution is 6.33. The number of halogens is 1. The molecule has 0 bridgehead atoms. The minimum absolute atomic E-state index is 0.0459. The van der Waals surface area contributed by atoms with Crippen LogP contribution in [0.15, 0.2) is 48.5 Å². The zero-order valence-electron chi connectivity index (χ0n) is 13.3. The minimum atomic E-state index is -0.873. The van der Waals surface area contributed by atoms with Crippen molar-refractivity contribution < 1.29 is 19.2 Å². The number of nitrogens with zero attached hydrogens (tertiary/aromatic N) is 1. The summed E-state index contributed by atoms with van der Waals surface area (Å²) in [6.07, 6.45) is 0. The van der Waals surface area contributed by atoms with Gasteiger partial charge in [0.2, 0.25) is 0 Å². The Kier molecular flexibility index (Phi) is 6.08. The Hall–Kier alpha value is -2.93. The molecule has 2 aromatic rings. The highest BCUT2D eigenvalue weighted by Gasteiger charge is 2.19. The van der Waals surface area contributed by atoms with Crippen molar-refractivity contribution in [3.05, 3.63) is 74.8 Å². The van der Waals surface area contributed by atoms with Gasteiger partial charge in [0, 0.05) is 12.1 Å². The van der Waals surface area contributed by atoms with Gasteiger partial charge in [-0.3, -0.25) is 14.9 Å². The van der Waals surface area contributed by atoms with Crippen LogP contribution in [0, 0.1) is 10.1 Å². The van der Waals surface area contributed by atoms with Crippen LogP contribution >= 0.6 is 11.6 Å². The van der Waals surface area contributed by atoms with Gasteiger partial charge in [-0.25, -0.2) is 4.79 Å². The molecule has 1 amide bonds. The lowest BCUT2D eigenvalue weighted by Crippen LogP contribution is -2.39. The third kappa shape index (κ3) is 5.02. The van der Waals surface area contributed by atoms with Gasteiger partial charge in [-0.15, -0.1) is 0 Å². The molecule has 2 aromatic carbocycles. The number of non-ortho nitro benzene ring substituents is 1. The van der Waals surface area contributed by atoms with E-state index in [-0.39, 0.29) is 22.9 Å². The topological polar surface area (TPSA) is 98.5 Å². The molecule has 25 heavy (non-hydrogen) atoms. The average molecular weight is 363 g/mol. The number of rotatable bonds is 6. The maximum Gasteiger partial charge on any atom is 0.328 e. The standard InChI is InChI=1S/C17H15ClN2O5/c1-11(19-16(21)14-4-2-3-5-15(14)18)17(22)25-10-12-6-8-13(9-7-12)20(23)24/h2-9,11H,10H2,1H3,(H,19,21). The van der Waals surface area contributed by atoms with Gasteiger partial charge in [-0.05, 0) is 36.8 Å². The van der Waals surface area contributed by atoms with E-state index in [0.29, 0.717) is 5.56 Å². The van der Waals surface area contributed by atoms with E-state index in [9.17, 15) is 19.7 Å². The smallest absolute Gasteiger partial charge is 0.328 e. The number of benzene rings is 2. The van der Waals surface area contributed by atoms with E-state index in [2.05, 4.69) is 5.32 Å². The summed E-state index contributed by atoms with van der Waals surface area (Å²) in [6, 6.07) is 11.3. The number of nitrogens with one attached hydrogen (secondary N) is 1. The maximum absolute atomic E-state index is 12.1. The van der Waals surface area contributed by atoms with Crippen LogP contribution in [0.4, 0.5) is 5.69 Å². The lowest BCUT2D eigenvalue weighted by Gasteiger charge is -2.14. The van der Waals surface area contributed by atoms with Crippen molar-refractivity contribution in [2.45, 2.75) is 19.6 Å². The van der Waals surface area contributed by atoms with Crippen molar-refractivity contribution in [1.29, 1.82) is 0 Å². The summed E-state index contributed by atoms with van der Waals surface area (Å²) in [5, 5.41) is 13.4. The summed E-state index contributed by atoms with van der Waals surface area (Å²) in [5.41, 5.74) is 0.818. The predicted octanol–water partition coefficient (Wildman–Crippen LogP) is 3.11. The van der Waals surface area contributed by atoms with Crippen molar-refractivity contribution in [2.24, 2.45) is 0 Å². The lowest BCUT2D eigenvalue weighted by molar-refractivity contribution is -0.384. The Morgan fingerprint density at radius 3 is 2.44 bits per heavy atom. The Morgan fingerprint density at radius 1 is 1.20 bits per heavy atom. The van der Waals surface area contributed by atoms with Crippen molar-refractivity contribution in [2.75, 3.05) is 0 Å². The molecule has 1 atom stereocenters. The van der Waals surface area contributed by atoms with Crippen LogP contribution in [0.5, 0.6) is 0 Å². The Labute approximate surface area is 148 Å². The van der Waals surface area contributed by atoms with Crippen LogP contribution in [0.25, 0.3) is 0 Å². The van der Waals surface area contributed by atoms with E-state index in [1.54, 1.807) is 24.3 Å². The van der Waals surface area contributed by atoms with Gasteiger partial charge in [0.15, 0.2) is 0 Å². The summed E-state index contributed by atoms with van der Waals surface area (Å²) >= 11 is 5.93. The first-order valence-corrected chi connectivity index (χ1v) is 7.71. The second-order valence-corrected chi connectivity index (χ2v) is 5.61. The molecule has 0 aliphatic carbocycles. The Balaban J connectivity index is 1.89. The van der Waals surface area contributed by atoms with Crippen LogP contribution in [0.1, 0.15) is 22.8 Å². The average Bonchev–Trinajstić information content (AvgIpc) is 2.60. The third-order valence-electron chi connectivity index (χ3n) is 3.35. The number of ether oxygens (including phenoxy) is 1. The van der Waals surface area contributed by atoms with Gasteiger partial charge in [-0.1, -0.05) is 23.7 Å². The van der Waals surface area contributed by atoms with Crippen LogP contribution in [0.2, 0.25) is 5.02 Å². The van der Waals surface area contributed by atoms with E-state index < -0.39 is 22.8 Å². The molecule has 0 heterocycles. The molecule has 0 aromatic heterocycles. The fourth-order valence-corrected chi connectivity index (χ4v) is 2.19. The number of nitro groups is 1. The predicted molar refractivity (Wildman–Crippen MR) is 91.3 cm³/mol. The first-order chi connectivity index (χ1) is 11.9. The Bertz CT molecular complexity index is 792. The SMILES string of the molecule is CC(NC(=O)c1ccccc1Cl)C(=O)OCc1ccc([N+](=O)[O-])cc1. The van der Waals surface area contributed by atoms with Crippen molar-refractivity contribution >= 4 is 29.2 Å². The minimum Gasteiger partial charge on any atom is -0.459 e. The summed E-state index contributed by atoms with van der Waals surface area (Å²) in [6.45, 7) is 1.44. The fraction of sp³-hybridized carbons (Fsp3) is 0.176. The monoisotopic (exact) mass is 362 g/mol. The summed E-state index contributed by atoms with van der Waals surface area (Å²) in [5.74, 6) is -1.11. The molecule has 7 nitrogen and oxygen atoms in total. The molecule has 0 fully saturated rings. The zero-order chi connectivity index (χ0) is 18.4. The Morgan fingerprint density at radius 2 is 1.84 bits per heavy atom. The van der Waals surface area contributed by atoms with E-state index in [0.717, 1.165) is 0 Å². The molecule has 1 unspecified atom stereocenters. The van der Waals surface area contributed by atoms with E-state index in [1.807, 2.05) is 0 Å². The molecule has 0 aliphatic heterocycles. The van der Waals surface area contributed by atoms with Crippen LogP contribution < -0.4 is 5.32 Å². The quantitative estimate of drug-likeness (QED) is 0.483. The summed E-state index contributed by atoms with van der Waals surface area (Å²) in [7, 11) is 0. The maximum atomic E-state index is 12.1. The molecule has 0 saturated carbocycles. The molecule has 0 aliphatic rings. The molecule has 2 rings (SSSR count). The fourth-order valence-electron chi connectivity index (χ4n) is 1.97. The van der Waals surface area contributed by atoms with Crippen molar-refractivity contribution in [1.82, 2.24) is 5.32 Å². The van der Waals surface area contributed by atoms with E-state index in [1.165, 1.54) is 31.2 Å². The van der Waals surface area contributed by atoms with Gasteiger partial charge < -0.3 is 10.1 Å². The van der Waals surface area contributed by atoms with Gasteiger partial charge in [0.25, 0.3) is 11.6 Å². The second kappa shape index (κ2) is 8.25. The summed E-state index contributed by atoms with van der Waals surface area (Å²) in [4.78, 5) is 34.1. The van der Waals surface area contributed by atoms with Gasteiger partial charge in [-0.2, -0.15) is 0 Å². The molecule has 0 spiro atoms. The first kappa shape index (κ1) is 18.4. The molecular formula is C17H15ClN2O5. The molecule has 130 valence electrons. The highest BCUT2D eigenvalue weighted by atomic mass is 35.5. The van der Waals surface area contributed by atoms with Crippen molar-refractivity contribution in [3.63, 3.8) is 0 Å². The molecular weight excluding hydrogens is 348 g/mol.